The number of fused-ring (bicyclic) bond motifs is 3. The fourth-order valence-electron chi connectivity index (χ4n) is 7.47. The minimum Gasteiger partial charge on any atom is -0.310 e. The highest BCUT2D eigenvalue weighted by molar-refractivity contribution is 7.19. The average Bonchev–Trinajstić information content (AvgIpc) is 3.52. The molecular formula is C45H28N4Si. The Labute approximate surface area is 291 Å². The topological polar surface area (TPSA) is 56.9 Å². The van der Waals surface area contributed by atoms with Crippen molar-refractivity contribution >= 4 is 56.3 Å². The second kappa shape index (κ2) is 12.6. The summed E-state index contributed by atoms with van der Waals surface area (Å²) in [6, 6.07) is 62.7. The first-order valence-electron chi connectivity index (χ1n) is 16.3. The van der Waals surface area contributed by atoms with E-state index in [4.69, 9.17) is 6.57 Å². The highest BCUT2D eigenvalue weighted by Gasteiger charge is 2.41. The van der Waals surface area contributed by atoms with Crippen molar-refractivity contribution in [2.24, 2.45) is 0 Å². The first-order valence-corrected chi connectivity index (χ1v) is 18.3. The Morgan fingerprint density at radius 3 is 1.68 bits per heavy atom. The average molecular weight is 653 g/mol. The lowest BCUT2D eigenvalue weighted by Gasteiger charge is -2.34. The van der Waals surface area contributed by atoms with E-state index in [2.05, 4.69) is 125 Å². The van der Waals surface area contributed by atoms with Crippen molar-refractivity contribution in [2.45, 2.75) is 0 Å². The standard InChI is InChI=1S/C45H28N4Si/c1-48-34-22-24-41(45(29-34)49-43-20-12-11-19-40(43)42-27-32(30-46)21-26-44(42)49)39-25-23-38(28-33(39)31-47)50(35-13-5-2-6-14-35,36-15-7-3-8-16-36)37-17-9-4-10-18-37/h2-29H. The molecule has 0 spiro atoms. The lowest BCUT2D eigenvalue weighted by molar-refractivity contribution is 1.18. The zero-order valence-corrected chi connectivity index (χ0v) is 28.0. The van der Waals surface area contributed by atoms with Crippen molar-refractivity contribution in [3.8, 4) is 29.0 Å². The Morgan fingerprint density at radius 1 is 0.500 bits per heavy atom. The number of nitriles is 2. The van der Waals surface area contributed by atoms with Gasteiger partial charge in [-0.25, -0.2) is 4.85 Å². The molecule has 0 bridgehead atoms. The summed E-state index contributed by atoms with van der Waals surface area (Å²) in [5.74, 6) is 0. The minimum absolute atomic E-state index is 0.502. The molecule has 0 saturated heterocycles. The molecule has 8 aromatic rings. The van der Waals surface area contributed by atoms with Gasteiger partial charge in [-0.15, -0.1) is 0 Å². The first kappa shape index (κ1) is 30.4. The Balaban J connectivity index is 1.42. The molecule has 5 heteroatoms. The maximum atomic E-state index is 10.9. The minimum atomic E-state index is -2.86. The van der Waals surface area contributed by atoms with Crippen molar-refractivity contribution < 1.29 is 0 Å². The third-order valence-electron chi connectivity index (χ3n) is 9.64. The van der Waals surface area contributed by atoms with Crippen LogP contribution in [0.1, 0.15) is 11.1 Å². The molecule has 0 atom stereocenters. The summed E-state index contributed by atoms with van der Waals surface area (Å²) in [6.07, 6.45) is 0. The Morgan fingerprint density at radius 2 is 1.08 bits per heavy atom. The molecule has 1 aromatic heterocycles. The van der Waals surface area contributed by atoms with Crippen LogP contribution in [0.15, 0.2) is 170 Å². The van der Waals surface area contributed by atoms with E-state index in [1.54, 1.807) is 0 Å². The van der Waals surface area contributed by atoms with E-state index in [9.17, 15) is 10.5 Å². The summed E-state index contributed by atoms with van der Waals surface area (Å²) in [4.78, 5) is 3.79. The first-order chi connectivity index (χ1) is 24.7. The van der Waals surface area contributed by atoms with E-state index in [0.29, 0.717) is 16.8 Å². The second-order valence-corrected chi connectivity index (χ2v) is 16.0. The van der Waals surface area contributed by atoms with Crippen LogP contribution in [0, 0.1) is 29.2 Å². The summed E-state index contributed by atoms with van der Waals surface area (Å²) in [5, 5.41) is 27.4. The van der Waals surface area contributed by atoms with E-state index in [0.717, 1.165) is 43.8 Å². The van der Waals surface area contributed by atoms with Gasteiger partial charge in [0, 0.05) is 27.6 Å². The van der Waals surface area contributed by atoms with Crippen LogP contribution in [0.3, 0.4) is 0 Å². The Bertz CT molecular complexity index is 2580. The molecule has 0 radical (unpaired) electrons. The smallest absolute Gasteiger partial charge is 0.189 e. The third kappa shape index (κ3) is 4.80. The van der Waals surface area contributed by atoms with Gasteiger partial charge in [0.15, 0.2) is 13.8 Å². The maximum Gasteiger partial charge on any atom is 0.189 e. The monoisotopic (exact) mass is 652 g/mol. The van der Waals surface area contributed by atoms with E-state index < -0.39 is 8.07 Å². The van der Waals surface area contributed by atoms with Crippen LogP contribution in [0.5, 0.6) is 0 Å². The molecule has 0 saturated carbocycles. The third-order valence-corrected chi connectivity index (χ3v) is 14.4. The van der Waals surface area contributed by atoms with Crippen LogP contribution < -0.4 is 20.7 Å². The van der Waals surface area contributed by atoms with E-state index in [1.165, 1.54) is 15.6 Å². The second-order valence-electron chi connectivity index (χ2n) is 12.2. The summed E-state index contributed by atoms with van der Waals surface area (Å²) < 4.78 is 2.15. The Kier molecular flexibility index (Phi) is 7.63. The fourth-order valence-corrected chi connectivity index (χ4v) is 12.2. The van der Waals surface area contributed by atoms with Gasteiger partial charge in [-0.2, -0.15) is 10.5 Å². The van der Waals surface area contributed by atoms with Gasteiger partial charge < -0.3 is 4.57 Å². The molecule has 8 rings (SSSR count). The molecule has 0 aliphatic rings. The summed E-state index contributed by atoms with van der Waals surface area (Å²) in [7, 11) is -2.86. The normalized spacial score (nSPS) is 11.1. The summed E-state index contributed by atoms with van der Waals surface area (Å²) >= 11 is 0. The van der Waals surface area contributed by atoms with Crippen molar-refractivity contribution in [3.05, 3.63) is 192 Å². The van der Waals surface area contributed by atoms with Gasteiger partial charge in [-0.05, 0) is 57.1 Å². The summed E-state index contributed by atoms with van der Waals surface area (Å²) in [5.41, 5.74) is 5.97. The van der Waals surface area contributed by atoms with Gasteiger partial charge in [-0.1, -0.05) is 133 Å². The molecule has 7 aromatic carbocycles. The predicted octanol–water partition coefficient (Wildman–Crippen LogP) is 8.12. The van der Waals surface area contributed by atoms with Crippen molar-refractivity contribution in [3.63, 3.8) is 0 Å². The molecule has 4 nitrogen and oxygen atoms in total. The highest BCUT2D eigenvalue weighted by Crippen LogP contribution is 2.39. The number of aromatic nitrogens is 1. The number of rotatable bonds is 6. The van der Waals surface area contributed by atoms with Crippen LogP contribution >= 0.6 is 0 Å². The predicted molar refractivity (Wildman–Crippen MR) is 206 cm³/mol. The molecular weight excluding hydrogens is 625 g/mol. The van der Waals surface area contributed by atoms with Gasteiger partial charge in [0.1, 0.15) is 0 Å². The number of para-hydroxylation sites is 1. The number of nitrogens with zero attached hydrogens (tertiary/aromatic N) is 4. The molecule has 50 heavy (non-hydrogen) atoms. The van der Waals surface area contributed by atoms with Gasteiger partial charge in [0.2, 0.25) is 0 Å². The van der Waals surface area contributed by atoms with Gasteiger partial charge in [0.05, 0.1) is 40.9 Å². The lowest BCUT2D eigenvalue weighted by Crippen LogP contribution is -2.74. The van der Waals surface area contributed by atoms with Gasteiger partial charge in [0.25, 0.3) is 0 Å². The van der Waals surface area contributed by atoms with E-state index in [1.807, 2.05) is 66.7 Å². The molecule has 1 heterocycles. The molecule has 0 fully saturated rings. The number of hydrogen-bond acceptors (Lipinski definition) is 2. The molecule has 0 aliphatic carbocycles. The summed E-state index contributed by atoms with van der Waals surface area (Å²) in [6.45, 7) is 7.87. The van der Waals surface area contributed by atoms with Crippen LogP contribution in [0.4, 0.5) is 5.69 Å². The fraction of sp³-hybridized carbons (Fsp3) is 0. The van der Waals surface area contributed by atoms with E-state index >= 15 is 0 Å². The van der Waals surface area contributed by atoms with Gasteiger partial charge >= 0.3 is 0 Å². The molecule has 0 amide bonds. The molecule has 0 N–H and O–H groups in total. The zero-order chi connectivity index (χ0) is 34.1. The largest absolute Gasteiger partial charge is 0.310 e. The highest BCUT2D eigenvalue weighted by atomic mass is 28.3. The van der Waals surface area contributed by atoms with Gasteiger partial charge in [-0.3, -0.25) is 0 Å². The van der Waals surface area contributed by atoms with Crippen LogP contribution in [-0.2, 0) is 0 Å². The maximum absolute atomic E-state index is 10.9. The molecule has 0 unspecified atom stereocenters. The lowest BCUT2D eigenvalue weighted by atomic mass is 9.98. The van der Waals surface area contributed by atoms with Crippen LogP contribution in [0.2, 0.25) is 0 Å². The molecule has 232 valence electrons. The number of hydrogen-bond donors (Lipinski definition) is 0. The van der Waals surface area contributed by atoms with E-state index in [-0.39, 0.29) is 0 Å². The van der Waals surface area contributed by atoms with Crippen molar-refractivity contribution in [2.75, 3.05) is 0 Å². The molecule has 0 aliphatic heterocycles. The quantitative estimate of drug-likeness (QED) is 0.104. The zero-order valence-electron chi connectivity index (χ0n) is 27.0. The SMILES string of the molecule is [C-]#[N+]c1ccc(-c2ccc([Si](c3ccccc3)(c3ccccc3)c3ccccc3)cc2C#N)c(-n2c3ccccc3c3cc(C#N)ccc32)c1. The van der Waals surface area contributed by atoms with Crippen molar-refractivity contribution in [1.82, 2.24) is 4.57 Å². The Hall–Kier alpha value is -6.97. The van der Waals surface area contributed by atoms with Crippen molar-refractivity contribution in [1.29, 1.82) is 10.5 Å². The van der Waals surface area contributed by atoms with Crippen LogP contribution in [0.25, 0.3) is 43.5 Å². The number of benzene rings is 7. The van der Waals surface area contributed by atoms with Crippen LogP contribution in [-0.4, -0.2) is 12.6 Å².